The highest BCUT2D eigenvalue weighted by Crippen LogP contribution is 2.40. The van der Waals surface area contributed by atoms with E-state index >= 15 is 0 Å². The predicted molar refractivity (Wildman–Crippen MR) is 198 cm³/mol. The average molecular weight is 738 g/mol. The van der Waals surface area contributed by atoms with Crippen molar-refractivity contribution in [1.82, 2.24) is 19.9 Å². The number of pyridine rings is 2. The van der Waals surface area contributed by atoms with Crippen LogP contribution in [-0.2, 0) is 0 Å². The molecule has 0 unspecified atom stereocenters. The summed E-state index contributed by atoms with van der Waals surface area (Å²) < 4.78 is 9.80. The SMILES string of the molecule is Cc1nc(C(=O)O)co1.Cc1nc(NC(=O)N2c3nc(C(=O)CC4CC4)ccc3N3CC[C@H]2C3)co1.O=C(CC1CC1)c1ccc2c(n1)N[C@H]1CCN2C1. The number of rotatable bonds is 8. The number of ketones is 2. The summed E-state index contributed by atoms with van der Waals surface area (Å²) in [4.78, 5) is 70.7. The highest BCUT2D eigenvalue weighted by Gasteiger charge is 2.41. The van der Waals surface area contributed by atoms with Gasteiger partial charge in [0, 0.05) is 58.9 Å². The molecule has 2 atom stereocenters. The highest BCUT2D eigenvalue weighted by molar-refractivity contribution is 6.05. The number of carboxylic acids is 1. The highest BCUT2D eigenvalue weighted by atomic mass is 16.4. The van der Waals surface area contributed by atoms with Crippen molar-refractivity contribution in [1.29, 1.82) is 0 Å². The molecule has 10 rings (SSSR count). The number of aryl methyl sites for hydroxylation is 2. The lowest BCUT2D eigenvalue weighted by atomic mass is 10.1. The first-order valence-electron chi connectivity index (χ1n) is 18.6. The topological polar surface area (TPSA) is 200 Å². The lowest BCUT2D eigenvalue weighted by Crippen LogP contribution is -2.48. The van der Waals surface area contributed by atoms with Crippen LogP contribution in [0.15, 0.2) is 45.6 Å². The number of nitrogens with one attached hydrogen (secondary N) is 2. The smallest absolute Gasteiger partial charge is 0.357 e. The number of carbonyl (C=O) groups excluding carboxylic acids is 3. The number of hydrogen-bond donors (Lipinski definition) is 3. The fourth-order valence-corrected chi connectivity index (χ4v) is 7.32. The molecule has 282 valence electrons. The molecule has 0 radical (unpaired) electrons. The van der Waals surface area contributed by atoms with Crippen LogP contribution < -0.4 is 25.3 Å². The Labute approximate surface area is 311 Å². The first-order chi connectivity index (χ1) is 26.1. The normalized spacial score (nSPS) is 20.1. The number of nitrogens with zero attached hydrogens (tertiary/aromatic N) is 7. The molecule has 0 spiro atoms. The number of carboxylic acid groups (broad SMARTS) is 1. The zero-order valence-electron chi connectivity index (χ0n) is 30.3. The lowest BCUT2D eigenvalue weighted by Gasteiger charge is -2.35. The van der Waals surface area contributed by atoms with Crippen molar-refractivity contribution >= 4 is 52.4 Å². The Balaban J connectivity index is 0.000000131. The molecule has 4 bridgehead atoms. The van der Waals surface area contributed by atoms with Crippen molar-refractivity contribution < 1.29 is 33.1 Å². The van der Waals surface area contributed by atoms with E-state index in [0.717, 1.165) is 68.9 Å². The minimum absolute atomic E-state index is 0.0341. The van der Waals surface area contributed by atoms with E-state index in [2.05, 4.69) is 50.9 Å². The Bertz CT molecular complexity index is 2090. The molecule has 4 aromatic heterocycles. The van der Waals surface area contributed by atoms with Crippen LogP contribution in [0.1, 0.15) is 94.6 Å². The third-order valence-corrected chi connectivity index (χ3v) is 10.5. The van der Waals surface area contributed by atoms with Crippen LogP contribution in [0.25, 0.3) is 0 Å². The Morgan fingerprint density at radius 2 is 1.39 bits per heavy atom. The second-order valence-corrected chi connectivity index (χ2v) is 14.8. The molecule has 16 nitrogen and oxygen atoms in total. The molecule has 4 fully saturated rings. The summed E-state index contributed by atoms with van der Waals surface area (Å²) in [5.74, 6) is 3.03. The molecule has 3 N–H and O–H groups in total. The number of amides is 2. The second kappa shape index (κ2) is 14.6. The molecule has 16 heteroatoms. The Hall–Kier alpha value is -5.80. The molecule has 2 aliphatic carbocycles. The molecule has 2 saturated carbocycles. The van der Waals surface area contributed by atoms with Crippen molar-refractivity contribution in [2.45, 2.75) is 77.3 Å². The van der Waals surface area contributed by atoms with Crippen LogP contribution in [0.2, 0.25) is 0 Å². The molecule has 0 aromatic carbocycles. The summed E-state index contributed by atoms with van der Waals surface area (Å²) >= 11 is 0. The summed E-state index contributed by atoms with van der Waals surface area (Å²) in [5, 5.41) is 14.5. The number of carbonyl (C=O) groups is 4. The van der Waals surface area contributed by atoms with Gasteiger partial charge in [0.25, 0.3) is 0 Å². The maximum Gasteiger partial charge on any atom is 0.357 e. The van der Waals surface area contributed by atoms with Gasteiger partial charge in [-0.3, -0.25) is 19.8 Å². The van der Waals surface area contributed by atoms with E-state index in [9.17, 15) is 19.2 Å². The van der Waals surface area contributed by atoms with Gasteiger partial charge in [0.1, 0.15) is 23.9 Å². The minimum Gasteiger partial charge on any atom is -0.476 e. The van der Waals surface area contributed by atoms with Gasteiger partial charge in [-0.15, -0.1) is 0 Å². The monoisotopic (exact) mass is 737 g/mol. The molecule has 8 heterocycles. The second-order valence-electron chi connectivity index (χ2n) is 14.8. The molecule has 54 heavy (non-hydrogen) atoms. The summed E-state index contributed by atoms with van der Waals surface area (Å²) in [6, 6.07) is 7.91. The number of hydrogen-bond acceptors (Lipinski definition) is 13. The minimum atomic E-state index is -1.06. The van der Waals surface area contributed by atoms with Crippen molar-refractivity contribution in [3.05, 3.63) is 65.7 Å². The fourth-order valence-electron chi connectivity index (χ4n) is 7.32. The van der Waals surface area contributed by atoms with E-state index in [1.165, 1.54) is 25.5 Å². The number of aromatic carboxylic acids is 1. The number of anilines is 5. The Morgan fingerprint density at radius 1 is 0.759 bits per heavy atom. The zero-order valence-corrected chi connectivity index (χ0v) is 30.3. The maximum atomic E-state index is 13.0. The van der Waals surface area contributed by atoms with Crippen molar-refractivity contribution in [3.63, 3.8) is 0 Å². The third-order valence-electron chi connectivity index (χ3n) is 10.5. The molecule has 4 aliphatic heterocycles. The van der Waals surface area contributed by atoms with Crippen LogP contribution in [0, 0.1) is 25.7 Å². The summed E-state index contributed by atoms with van der Waals surface area (Å²) in [6.07, 6.45) is 10.5. The van der Waals surface area contributed by atoms with E-state index < -0.39 is 5.97 Å². The molecule has 4 aromatic rings. The number of aromatic nitrogens is 4. The summed E-state index contributed by atoms with van der Waals surface area (Å²) in [6.45, 7) is 7.13. The first-order valence-corrected chi connectivity index (χ1v) is 18.6. The van der Waals surface area contributed by atoms with Crippen LogP contribution in [-0.4, -0.2) is 86.9 Å². The average Bonchev–Trinajstić information content (AvgIpc) is 3.95. The predicted octanol–water partition coefficient (Wildman–Crippen LogP) is 5.74. The van der Waals surface area contributed by atoms with Crippen molar-refractivity contribution in [3.8, 4) is 0 Å². The Kier molecular flexibility index (Phi) is 9.50. The van der Waals surface area contributed by atoms with Crippen LogP contribution >= 0.6 is 0 Å². The fraction of sp³-hybridized carbons (Fsp3) is 0.474. The van der Waals surface area contributed by atoms with E-state index in [-0.39, 0.29) is 29.3 Å². The van der Waals surface area contributed by atoms with Gasteiger partial charge < -0.3 is 29.1 Å². The van der Waals surface area contributed by atoms with Gasteiger partial charge in [-0.05, 0) is 74.6 Å². The molecule has 2 saturated heterocycles. The first kappa shape index (κ1) is 35.2. The van der Waals surface area contributed by atoms with Crippen molar-refractivity contribution in [2.75, 3.05) is 51.5 Å². The summed E-state index contributed by atoms with van der Waals surface area (Å²) in [5.41, 5.74) is 3.09. The van der Waals surface area contributed by atoms with Gasteiger partial charge in [0.2, 0.25) is 0 Å². The number of urea groups is 1. The van der Waals surface area contributed by atoms with Gasteiger partial charge in [0.15, 0.2) is 46.5 Å². The quantitative estimate of drug-likeness (QED) is 0.185. The van der Waals surface area contributed by atoms with Crippen LogP contribution in [0.5, 0.6) is 0 Å². The van der Waals surface area contributed by atoms with Gasteiger partial charge in [-0.25, -0.2) is 24.5 Å². The number of Topliss-reactive ketones (excluding diaryl/α,β-unsaturated/α-hetero) is 2. The van der Waals surface area contributed by atoms with E-state index in [0.29, 0.717) is 65.5 Å². The number of oxazole rings is 2. The van der Waals surface area contributed by atoms with E-state index in [1.807, 2.05) is 12.1 Å². The van der Waals surface area contributed by atoms with E-state index in [1.54, 1.807) is 24.8 Å². The zero-order chi connectivity index (χ0) is 37.5. The van der Waals surface area contributed by atoms with Crippen molar-refractivity contribution in [2.24, 2.45) is 11.8 Å². The molecular weight excluding hydrogens is 694 g/mol. The van der Waals surface area contributed by atoms with Gasteiger partial charge in [0.05, 0.1) is 17.4 Å². The lowest BCUT2D eigenvalue weighted by molar-refractivity contribution is 0.0689. The standard InChI is InChI=1S/C19H21N5O3.C14H17N3O.C5H5NO3/c1-11-20-17(10-27-11)22-19(26)24-13-6-7-23(9-13)15-5-4-14(21-18(15)24)16(25)8-12-2-3-12;18-13(7-9-1-2-9)11-3-4-12-14(16-11)15-10-5-6-17(12)8-10;1-3-6-4(2-9-3)5(7)8/h4-5,10,12-13H,2-3,6-9H2,1H3,(H,22,26);3-4,9-10H,1-2,5-8H2,(H,15,16);2H,1H3,(H,7,8)/t13-;10-;/m00./s1. The van der Waals surface area contributed by atoms with Gasteiger partial charge in [-0.2, -0.15) is 4.98 Å². The largest absolute Gasteiger partial charge is 0.476 e. The van der Waals surface area contributed by atoms with Crippen LogP contribution in [0.3, 0.4) is 0 Å². The Morgan fingerprint density at radius 3 is 2.00 bits per heavy atom. The van der Waals surface area contributed by atoms with E-state index in [4.69, 9.17) is 9.52 Å². The van der Waals surface area contributed by atoms with Gasteiger partial charge in [-0.1, -0.05) is 0 Å². The number of fused-ring (bicyclic) bond motifs is 8. The molecular formula is C38H43N9O7. The molecule has 2 amide bonds. The third kappa shape index (κ3) is 7.77. The maximum absolute atomic E-state index is 13.0. The summed E-state index contributed by atoms with van der Waals surface area (Å²) in [7, 11) is 0. The molecule has 6 aliphatic rings. The van der Waals surface area contributed by atoms with Crippen LogP contribution in [0.4, 0.5) is 33.6 Å². The van der Waals surface area contributed by atoms with Gasteiger partial charge >= 0.3 is 12.0 Å².